The standard InChI is InChI=1S/C14H21N3O4/c1-15-8-12-10-16(5-6-21-12)9-11-3-4-14(20-2)13(7-11)17(18)19/h3-4,7,12,15H,5-6,8-10H2,1-2H3. The number of nitro groups is 1. The molecule has 2 rings (SSSR count). The zero-order valence-electron chi connectivity index (χ0n) is 12.4. The molecule has 1 heterocycles. The van der Waals surface area contributed by atoms with Crippen molar-refractivity contribution in [3.63, 3.8) is 0 Å². The summed E-state index contributed by atoms with van der Waals surface area (Å²) in [6.07, 6.45) is 0.164. The summed E-state index contributed by atoms with van der Waals surface area (Å²) in [6, 6.07) is 5.11. The highest BCUT2D eigenvalue weighted by Crippen LogP contribution is 2.28. The van der Waals surface area contributed by atoms with Crippen LogP contribution in [0, 0.1) is 10.1 Å². The van der Waals surface area contributed by atoms with Crippen molar-refractivity contribution in [3.05, 3.63) is 33.9 Å². The SMILES string of the molecule is CNCC1CN(Cc2ccc(OC)c([N+](=O)[O-])c2)CCO1. The third-order valence-corrected chi connectivity index (χ3v) is 3.50. The second-order valence-corrected chi connectivity index (χ2v) is 5.05. The molecule has 0 aromatic heterocycles. The van der Waals surface area contributed by atoms with Crippen LogP contribution in [0.5, 0.6) is 5.75 Å². The van der Waals surface area contributed by atoms with Crippen LogP contribution in [0.2, 0.25) is 0 Å². The predicted molar refractivity (Wildman–Crippen MR) is 78.6 cm³/mol. The molecule has 7 heteroatoms. The van der Waals surface area contributed by atoms with Crippen LogP contribution in [-0.2, 0) is 11.3 Å². The first-order valence-corrected chi connectivity index (χ1v) is 6.94. The van der Waals surface area contributed by atoms with Crippen molar-refractivity contribution in [3.8, 4) is 5.75 Å². The Morgan fingerprint density at radius 1 is 1.57 bits per heavy atom. The Balaban J connectivity index is 2.05. The molecule has 0 aliphatic carbocycles. The molecule has 0 amide bonds. The average molecular weight is 295 g/mol. The predicted octanol–water partition coefficient (Wildman–Crippen LogP) is 1.02. The average Bonchev–Trinajstić information content (AvgIpc) is 2.48. The molecule has 21 heavy (non-hydrogen) atoms. The number of ether oxygens (including phenoxy) is 2. The summed E-state index contributed by atoms with van der Waals surface area (Å²) in [4.78, 5) is 12.9. The summed E-state index contributed by atoms with van der Waals surface area (Å²) in [5.41, 5.74) is 0.919. The molecule has 0 radical (unpaired) electrons. The minimum Gasteiger partial charge on any atom is -0.490 e. The van der Waals surface area contributed by atoms with E-state index in [0.717, 1.165) is 25.2 Å². The Labute approximate surface area is 124 Å². The van der Waals surface area contributed by atoms with Gasteiger partial charge in [0, 0.05) is 32.2 Å². The van der Waals surface area contributed by atoms with Gasteiger partial charge < -0.3 is 14.8 Å². The molecule has 1 aliphatic heterocycles. The summed E-state index contributed by atoms with van der Waals surface area (Å²) in [5.74, 6) is 0.291. The molecule has 0 bridgehead atoms. The highest BCUT2D eigenvalue weighted by molar-refractivity contribution is 5.48. The molecule has 1 aromatic carbocycles. The molecule has 1 atom stereocenters. The molecule has 1 unspecified atom stereocenters. The maximum atomic E-state index is 11.0. The second kappa shape index (κ2) is 7.35. The van der Waals surface area contributed by atoms with Gasteiger partial charge in [0.05, 0.1) is 24.7 Å². The highest BCUT2D eigenvalue weighted by Gasteiger charge is 2.21. The van der Waals surface area contributed by atoms with Gasteiger partial charge in [-0.05, 0) is 18.7 Å². The fourth-order valence-corrected chi connectivity index (χ4v) is 2.51. The first-order valence-electron chi connectivity index (χ1n) is 6.94. The first-order chi connectivity index (χ1) is 10.1. The fourth-order valence-electron chi connectivity index (χ4n) is 2.51. The number of nitro benzene ring substituents is 1. The summed E-state index contributed by atoms with van der Waals surface area (Å²) < 4.78 is 10.7. The minimum atomic E-state index is -0.411. The van der Waals surface area contributed by atoms with Crippen LogP contribution in [0.1, 0.15) is 5.56 Å². The molecule has 1 aromatic rings. The molecule has 0 saturated carbocycles. The summed E-state index contributed by atoms with van der Waals surface area (Å²) in [5, 5.41) is 14.1. The number of benzene rings is 1. The summed E-state index contributed by atoms with van der Waals surface area (Å²) >= 11 is 0. The van der Waals surface area contributed by atoms with Crippen molar-refractivity contribution in [2.24, 2.45) is 0 Å². The van der Waals surface area contributed by atoms with Gasteiger partial charge in [-0.3, -0.25) is 15.0 Å². The smallest absolute Gasteiger partial charge is 0.311 e. The lowest BCUT2D eigenvalue weighted by Crippen LogP contribution is -2.45. The van der Waals surface area contributed by atoms with Crippen molar-refractivity contribution in [1.29, 1.82) is 0 Å². The molecule has 116 valence electrons. The molecule has 1 fully saturated rings. The van der Waals surface area contributed by atoms with Gasteiger partial charge in [0.15, 0.2) is 5.75 Å². The molecule has 0 spiro atoms. The van der Waals surface area contributed by atoms with E-state index in [1.807, 2.05) is 13.1 Å². The lowest BCUT2D eigenvalue weighted by molar-refractivity contribution is -0.385. The van der Waals surface area contributed by atoms with Crippen LogP contribution in [0.3, 0.4) is 0 Å². The van der Waals surface area contributed by atoms with Crippen LogP contribution in [0.4, 0.5) is 5.69 Å². The van der Waals surface area contributed by atoms with E-state index in [0.29, 0.717) is 18.9 Å². The van der Waals surface area contributed by atoms with Gasteiger partial charge in [0.25, 0.3) is 0 Å². The number of hydrogen-bond donors (Lipinski definition) is 1. The maximum Gasteiger partial charge on any atom is 0.311 e. The fraction of sp³-hybridized carbons (Fsp3) is 0.571. The van der Waals surface area contributed by atoms with Gasteiger partial charge in [-0.1, -0.05) is 6.07 Å². The minimum absolute atomic E-state index is 0.00929. The quantitative estimate of drug-likeness (QED) is 0.624. The third kappa shape index (κ3) is 4.13. The van der Waals surface area contributed by atoms with E-state index in [1.54, 1.807) is 12.1 Å². The first kappa shape index (κ1) is 15.7. The van der Waals surface area contributed by atoms with E-state index in [1.165, 1.54) is 7.11 Å². The van der Waals surface area contributed by atoms with Crippen LogP contribution in [-0.4, -0.2) is 56.3 Å². The highest BCUT2D eigenvalue weighted by atomic mass is 16.6. The third-order valence-electron chi connectivity index (χ3n) is 3.50. The number of morpholine rings is 1. The van der Waals surface area contributed by atoms with Crippen LogP contribution >= 0.6 is 0 Å². The number of methoxy groups -OCH3 is 1. The van der Waals surface area contributed by atoms with Crippen LogP contribution in [0.25, 0.3) is 0 Å². The Hall–Kier alpha value is -1.70. The molecule has 7 nitrogen and oxygen atoms in total. The van der Waals surface area contributed by atoms with Gasteiger partial charge >= 0.3 is 5.69 Å². The van der Waals surface area contributed by atoms with Gasteiger partial charge in [-0.15, -0.1) is 0 Å². The van der Waals surface area contributed by atoms with Gasteiger partial charge in [0.2, 0.25) is 0 Å². The lowest BCUT2D eigenvalue weighted by Gasteiger charge is -2.32. The van der Waals surface area contributed by atoms with E-state index < -0.39 is 4.92 Å². The molecular weight excluding hydrogens is 274 g/mol. The van der Waals surface area contributed by atoms with E-state index >= 15 is 0 Å². The lowest BCUT2D eigenvalue weighted by atomic mass is 10.1. The Bertz CT molecular complexity index is 493. The molecule has 1 N–H and O–H groups in total. The Morgan fingerprint density at radius 2 is 2.38 bits per heavy atom. The molecule has 1 aliphatic rings. The zero-order chi connectivity index (χ0) is 15.2. The van der Waals surface area contributed by atoms with E-state index in [2.05, 4.69) is 10.2 Å². The Morgan fingerprint density at radius 3 is 3.05 bits per heavy atom. The van der Waals surface area contributed by atoms with Crippen molar-refractivity contribution >= 4 is 5.69 Å². The van der Waals surface area contributed by atoms with Crippen molar-refractivity contribution in [2.75, 3.05) is 40.4 Å². The number of rotatable bonds is 6. The van der Waals surface area contributed by atoms with Crippen molar-refractivity contribution < 1.29 is 14.4 Å². The summed E-state index contributed by atoms with van der Waals surface area (Å²) in [7, 11) is 3.33. The van der Waals surface area contributed by atoms with Gasteiger partial charge in [-0.2, -0.15) is 0 Å². The summed E-state index contributed by atoms with van der Waals surface area (Å²) in [6.45, 7) is 3.82. The van der Waals surface area contributed by atoms with E-state index in [4.69, 9.17) is 9.47 Å². The Kier molecular flexibility index (Phi) is 5.49. The second-order valence-electron chi connectivity index (χ2n) is 5.05. The number of nitrogens with one attached hydrogen (secondary N) is 1. The van der Waals surface area contributed by atoms with E-state index in [9.17, 15) is 10.1 Å². The van der Waals surface area contributed by atoms with Gasteiger partial charge in [0.1, 0.15) is 0 Å². The maximum absolute atomic E-state index is 11.0. The van der Waals surface area contributed by atoms with Crippen LogP contribution < -0.4 is 10.1 Å². The largest absolute Gasteiger partial charge is 0.490 e. The van der Waals surface area contributed by atoms with Crippen molar-refractivity contribution in [1.82, 2.24) is 10.2 Å². The zero-order valence-corrected chi connectivity index (χ0v) is 12.4. The normalized spacial score (nSPS) is 19.4. The number of hydrogen-bond acceptors (Lipinski definition) is 6. The van der Waals surface area contributed by atoms with Crippen molar-refractivity contribution in [2.45, 2.75) is 12.6 Å². The topological polar surface area (TPSA) is 76.9 Å². The van der Waals surface area contributed by atoms with E-state index in [-0.39, 0.29) is 11.8 Å². The van der Waals surface area contributed by atoms with Crippen LogP contribution in [0.15, 0.2) is 18.2 Å². The number of likely N-dealkylation sites (N-methyl/N-ethyl adjacent to an activating group) is 1. The monoisotopic (exact) mass is 295 g/mol. The molecule has 1 saturated heterocycles. The molecular formula is C14H21N3O4. The number of nitrogens with zero attached hydrogens (tertiary/aromatic N) is 2. The van der Waals surface area contributed by atoms with Gasteiger partial charge in [-0.25, -0.2) is 0 Å².